The van der Waals surface area contributed by atoms with Crippen molar-refractivity contribution in [2.24, 2.45) is 5.92 Å². The Morgan fingerprint density at radius 1 is 1.19 bits per heavy atom. The molecule has 0 radical (unpaired) electrons. The molecule has 1 aromatic carbocycles. The van der Waals surface area contributed by atoms with Crippen molar-refractivity contribution in [3.8, 4) is 0 Å². The summed E-state index contributed by atoms with van der Waals surface area (Å²) in [5, 5.41) is 2.70. The molecule has 142 valence electrons. The lowest BCUT2D eigenvalue weighted by Crippen LogP contribution is -2.47. The molecule has 1 N–H and O–H groups in total. The Labute approximate surface area is 157 Å². The number of rotatable bonds is 4. The number of benzene rings is 1. The first-order valence-electron chi connectivity index (χ1n) is 8.87. The molecule has 26 heavy (non-hydrogen) atoms. The largest absolute Gasteiger partial charge is 0.378 e. The van der Waals surface area contributed by atoms with E-state index in [4.69, 9.17) is 16.3 Å². The molecule has 6 nitrogen and oxygen atoms in total. The van der Waals surface area contributed by atoms with E-state index >= 15 is 0 Å². The summed E-state index contributed by atoms with van der Waals surface area (Å²) in [5.74, 6) is -0.455. The third kappa shape index (κ3) is 4.93. The fourth-order valence-corrected chi connectivity index (χ4v) is 3.54. The molecule has 2 aliphatic heterocycles. The van der Waals surface area contributed by atoms with Crippen LogP contribution in [-0.4, -0.2) is 67.6 Å². The van der Waals surface area contributed by atoms with Crippen LogP contribution < -0.4 is 5.32 Å². The number of piperidine rings is 1. The van der Waals surface area contributed by atoms with Crippen LogP contribution in [0.1, 0.15) is 12.8 Å². The van der Waals surface area contributed by atoms with Gasteiger partial charge in [0.15, 0.2) is 0 Å². The minimum atomic E-state index is -0.517. The molecule has 0 aliphatic carbocycles. The first kappa shape index (κ1) is 19.1. The summed E-state index contributed by atoms with van der Waals surface area (Å²) in [6.45, 7) is 4.21. The van der Waals surface area contributed by atoms with Gasteiger partial charge in [0, 0.05) is 24.7 Å². The van der Waals surface area contributed by atoms with Crippen molar-refractivity contribution in [3.63, 3.8) is 0 Å². The maximum Gasteiger partial charge on any atom is 0.238 e. The highest BCUT2D eigenvalue weighted by molar-refractivity contribution is 6.31. The van der Waals surface area contributed by atoms with Crippen LogP contribution in [0.15, 0.2) is 18.2 Å². The Morgan fingerprint density at radius 2 is 1.88 bits per heavy atom. The maximum atomic E-state index is 13.2. The van der Waals surface area contributed by atoms with Crippen molar-refractivity contribution >= 4 is 29.1 Å². The maximum absolute atomic E-state index is 13.2. The zero-order chi connectivity index (χ0) is 18.5. The SMILES string of the molecule is O=C(CN1CCC(C(=O)N2CCOCC2)CC1)Nc1ccc(F)c(Cl)c1. The van der Waals surface area contributed by atoms with E-state index in [1.165, 1.54) is 18.2 Å². The van der Waals surface area contributed by atoms with Gasteiger partial charge in [-0.1, -0.05) is 11.6 Å². The molecule has 2 fully saturated rings. The van der Waals surface area contributed by atoms with Gasteiger partial charge in [0.1, 0.15) is 5.82 Å². The van der Waals surface area contributed by atoms with Crippen LogP contribution in [0.3, 0.4) is 0 Å². The Morgan fingerprint density at radius 3 is 2.54 bits per heavy atom. The summed E-state index contributed by atoms with van der Waals surface area (Å²) >= 11 is 5.72. The van der Waals surface area contributed by atoms with Crippen LogP contribution in [0.4, 0.5) is 10.1 Å². The van der Waals surface area contributed by atoms with E-state index in [0.717, 1.165) is 12.8 Å². The molecule has 8 heteroatoms. The van der Waals surface area contributed by atoms with Gasteiger partial charge in [-0.3, -0.25) is 14.5 Å². The molecule has 2 amide bonds. The lowest BCUT2D eigenvalue weighted by atomic mass is 9.95. The molecule has 0 atom stereocenters. The number of hydrogen-bond donors (Lipinski definition) is 1. The third-order valence-corrected chi connectivity index (χ3v) is 5.12. The van der Waals surface area contributed by atoms with E-state index in [1.807, 2.05) is 9.80 Å². The quantitative estimate of drug-likeness (QED) is 0.863. The Bertz CT molecular complexity index is 659. The summed E-state index contributed by atoms with van der Waals surface area (Å²) in [7, 11) is 0. The minimum absolute atomic E-state index is 0.0229. The molecule has 0 aromatic heterocycles. The van der Waals surface area contributed by atoms with Gasteiger partial charge in [-0.15, -0.1) is 0 Å². The molecule has 2 heterocycles. The second-order valence-corrected chi connectivity index (χ2v) is 7.07. The van der Waals surface area contributed by atoms with E-state index in [2.05, 4.69) is 5.32 Å². The molecule has 3 rings (SSSR count). The lowest BCUT2D eigenvalue weighted by molar-refractivity contribution is -0.141. The molecule has 0 unspecified atom stereocenters. The summed E-state index contributed by atoms with van der Waals surface area (Å²) in [6.07, 6.45) is 1.51. The number of amides is 2. The van der Waals surface area contributed by atoms with E-state index < -0.39 is 5.82 Å². The first-order valence-corrected chi connectivity index (χ1v) is 9.24. The van der Waals surface area contributed by atoms with Crippen LogP contribution in [0, 0.1) is 11.7 Å². The monoisotopic (exact) mass is 383 g/mol. The van der Waals surface area contributed by atoms with Gasteiger partial charge >= 0.3 is 0 Å². The van der Waals surface area contributed by atoms with Crippen LogP contribution in [0.25, 0.3) is 0 Å². The standard InChI is InChI=1S/C18H23ClFN3O3/c19-15-11-14(1-2-16(15)20)21-17(24)12-22-5-3-13(4-6-22)18(25)23-7-9-26-10-8-23/h1-2,11,13H,3-10,12H2,(H,21,24). The van der Waals surface area contributed by atoms with Crippen molar-refractivity contribution in [2.75, 3.05) is 51.3 Å². The second kappa shape index (κ2) is 8.79. The molecule has 1 aromatic rings. The van der Waals surface area contributed by atoms with Crippen LogP contribution >= 0.6 is 11.6 Å². The van der Waals surface area contributed by atoms with Gasteiger partial charge in [-0.25, -0.2) is 4.39 Å². The highest BCUT2D eigenvalue weighted by Crippen LogP contribution is 2.21. The number of halogens is 2. The van der Waals surface area contributed by atoms with Crippen molar-refractivity contribution in [3.05, 3.63) is 29.0 Å². The smallest absolute Gasteiger partial charge is 0.238 e. The Kier molecular flexibility index (Phi) is 6.45. The summed E-state index contributed by atoms with van der Waals surface area (Å²) in [5.41, 5.74) is 0.471. The Hall–Kier alpha value is -1.70. The third-order valence-electron chi connectivity index (χ3n) is 4.83. The molecule has 0 bridgehead atoms. The lowest BCUT2D eigenvalue weighted by Gasteiger charge is -2.35. The molecule has 2 aliphatic rings. The van der Waals surface area contributed by atoms with Crippen LogP contribution in [0.5, 0.6) is 0 Å². The second-order valence-electron chi connectivity index (χ2n) is 6.67. The first-order chi connectivity index (χ1) is 12.5. The van der Waals surface area contributed by atoms with E-state index in [0.29, 0.717) is 45.1 Å². The van der Waals surface area contributed by atoms with Gasteiger partial charge in [0.05, 0.1) is 24.8 Å². The van der Waals surface area contributed by atoms with Gasteiger partial charge < -0.3 is 15.0 Å². The molecule has 0 saturated carbocycles. The predicted octanol–water partition coefficient (Wildman–Crippen LogP) is 1.99. The summed E-state index contributed by atoms with van der Waals surface area (Å²) < 4.78 is 18.4. The highest BCUT2D eigenvalue weighted by atomic mass is 35.5. The number of nitrogens with zero attached hydrogens (tertiary/aromatic N) is 2. The number of ether oxygens (including phenoxy) is 1. The normalized spacial score (nSPS) is 19.4. The van der Waals surface area contributed by atoms with E-state index in [1.54, 1.807) is 0 Å². The number of likely N-dealkylation sites (tertiary alicyclic amines) is 1. The summed E-state index contributed by atoms with van der Waals surface area (Å²) in [6, 6.07) is 4.09. The minimum Gasteiger partial charge on any atom is -0.378 e. The zero-order valence-electron chi connectivity index (χ0n) is 14.5. The zero-order valence-corrected chi connectivity index (χ0v) is 15.3. The summed E-state index contributed by atoms with van der Waals surface area (Å²) in [4.78, 5) is 28.6. The Balaban J connectivity index is 1.43. The van der Waals surface area contributed by atoms with Gasteiger partial charge in [0.25, 0.3) is 0 Å². The van der Waals surface area contributed by atoms with Crippen LogP contribution in [-0.2, 0) is 14.3 Å². The number of morpholine rings is 1. The fourth-order valence-electron chi connectivity index (χ4n) is 3.36. The van der Waals surface area contributed by atoms with Gasteiger partial charge in [0.2, 0.25) is 11.8 Å². The predicted molar refractivity (Wildman–Crippen MR) is 96.6 cm³/mol. The number of carbonyl (C=O) groups excluding carboxylic acids is 2. The highest BCUT2D eigenvalue weighted by Gasteiger charge is 2.29. The molecule has 0 spiro atoms. The molecule has 2 saturated heterocycles. The van der Waals surface area contributed by atoms with E-state index in [9.17, 15) is 14.0 Å². The number of nitrogens with one attached hydrogen (secondary N) is 1. The van der Waals surface area contributed by atoms with Crippen molar-refractivity contribution in [2.45, 2.75) is 12.8 Å². The van der Waals surface area contributed by atoms with Crippen molar-refractivity contribution < 1.29 is 18.7 Å². The number of hydrogen-bond acceptors (Lipinski definition) is 4. The topological polar surface area (TPSA) is 61.9 Å². The number of carbonyl (C=O) groups is 2. The average molecular weight is 384 g/mol. The van der Waals surface area contributed by atoms with Crippen LogP contribution in [0.2, 0.25) is 5.02 Å². The van der Waals surface area contributed by atoms with Crippen molar-refractivity contribution in [1.82, 2.24) is 9.80 Å². The fraction of sp³-hybridized carbons (Fsp3) is 0.556. The number of anilines is 1. The van der Waals surface area contributed by atoms with Crippen molar-refractivity contribution in [1.29, 1.82) is 0 Å². The van der Waals surface area contributed by atoms with E-state index in [-0.39, 0.29) is 29.3 Å². The molecular weight excluding hydrogens is 361 g/mol. The average Bonchev–Trinajstić information content (AvgIpc) is 2.65. The molecular formula is C18H23ClFN3O3. The van der Waals surface area contributed by atoms with Gasteiger partial charge in [-0.05, 0) is 44.1 Å². The van der Waals surface area contributed by atoms with Gasteiger partial charge in [-0.2, -0.15) is 0 Å².